The molecule has 2 aromatic carbocycles. The van der Waals surface area contributed by atoms with E-state index in [1.807, 2.05) is 18.2 Å². The van der Waals surface area contributed by atoms with Crippen molar-refractivity contribution in [2.75, 3.05) is 13.7 Å². The molecule has 3 heteroatoms. The van der Waals surface area contributed by atoms with Gasteiger partial charge in [0, 0.05) is 12.0 Å². The number of ketones is 1. The Kier molecular flexibility index (Phi) is 5.52. The molecule has 0 amide bonds. The predicted molar refractivity (Wildman–Crippen MR) is 95.1 cm³/mol. The average molecular weight is 324 g/mol. The normalized spacial score (nSPS) is 13.5. The van der Waals surface area contributed by atoms with E-state index < -0.39 is 0 Å². The minimum Gasteiger partial charge on any atom is -0.496 e. The molecular formula is C21H24O3. The molecule has 0 heterocycles. The van der Waals surface area contributed by atoms with Crippen LogP contribution in [-0.2, 0) is 12.8 Å². The molecule has 0 saturated heterocycles. The van der Waals surface area contributed by atoms with Gasteiger partial charge >= 0.3 is 0 Å². The summed E-state index contributed by atoms with van der Waals surface area (Å²) in [4.78, 5) is 12.3. The second-order valence-corrected chi connectivity index (χ2v) is 6.19. The second-order valence-electron chi connectivity index (χ2n) is 6.19. The summed E-state index contributed by atoms with van der Waals surface area (Å²) in [5.41, 5.74) is 3.11. The Morgan fingerprint density at radius 2 is 1.75 bits per heavy atom. The van der Waals surface area contributed by atoms with E-state index in [4.69, 9.17) is 9.47 Å². The van der Waals surface area contributed by atoms with E-state index in [9.17, 15) is 4.79 Å². The van der Waals surface area contributed by atoms with Crippen LogP contribution in [0.25, 0.3) is 0 Å². The molecule has 3 nitrogen and oxygen atoms in total. The summed E-state index contributed by atoms with van der Waals surface area (Å²) >= 11 is 0. The van der Waals surface area contributed by atoms with Crippen molar-refractivity contribution >= 4 is 5.78 Å². The van der Waals surface area contributed by atoms with Crippen molar-refractivity contribution < 1.29 is 14.3 Å². The highest BCUT2D eigenvalue weighted by Crippen LogP contribution is 2.36. The van der Waals surface area contributed by atoms with E-state index in [1.165, 1.54) is 5.56 Å². The number of methoxy groups -OCH3 is 1. The van der Waals surface area contributed by atoms with Crippen molar-refractivity contribution in [2.24, 2.45) is 0 Å². The fourth-order valence-electron chi connectivity index (χ4n) is 3.28. The van der Waals surface area contributed by atoms with E-state index in [0.717, 1.165) is 54.7 Å². The lowest BCUT2D eigenvalue weighted by molar-refractivity contribution is 0.0967. The third-order valence-corrected chi connectivity index (χ3v) is 4.52. The van der Waals surface area contributed by atoms with E-state index >= 15 is 0 Å². The summed E-state index contributed by atoms with van der Waals surface area (Å²) in [5.74, 6) is 1.69. The highest BCUT2D eigenvalue weighted by Gasteiger charge is 2.24. The monoisotopic (exact) mass is 324 g/mol. The summed E-state index contributed by atoms with van der Waals surface area (Å²) in [5, 5.41) is 0. The van der Waals surface area contributed by atoms with Crippen LogP contribution < -0.4 is 9.47 Å². The summed E-state index contributed by atoms with van der Waals surface area (Å²) < 4.78 is 11.3. The lowest BCUT2D eigenvalue weighted by Crippen LogP contribution is -2.14. The minimum absolute atomic E-state index is 0.175. The molecule has 2 aromatic rings. The SMILES string of the molecule is COc1ccc(OCCCCc2ccccc2)c2c1CCCC2=O. The van der Waals surface area contributed by atoms with Crippen LogP contribution in [0, 0.1) is 0 Å². The molecule has 0 spiro atoms. The maximum absolute atomic E-state index is 12.3. The number of carbonyl (C=O) groups is 1. The number of hydrogen-bond acceptors (Lipinski definition) is 3. The molecule has 0 N–H and O–H groups in total. The quantitative estimate of drug-likeness (QED) is 0.697. The standard InChI is InChI=1S/C21H24O3/c1-23-19-13-14-20(21-17(19)11-7-12-18(21)22)24-15-6-5-10-16-8-3-2-4-9-16/h2-4,8-9,13-14H,5-7,10-12,15H2,1H3. The van der Waals surface area contributed by atoms with Crippen molar-refractivity contribution in [1.29, 1.82) is 0 Å². The lowest BCUT2D eigenvalue weighted by Gasteiger charge is -2.21. The number of Topliss-reactive ketones (excluding diaryl/α,β-unsaturated/α-hetero) is 1. The van der Waals surface area contributed by atoms with Crippen LogP contribution in [0.1, 0.15) is 47.2 Å². The van der Waals surface area contributed by atoms with Crippen LogP contribution in [0.3, 0.4) is 0 Å². The smallest absolute Gasteiger partial charge is 0.167 e. The Morgan fingerprint density at radius 1 is 0.958 bits per heavy atom. The van der Waals surface area contributed by atoms with Crippen molar-refractivity contribution in [1.82, 2.24) is 0 Å². The van der Waals surface area contributed by atoms with Gasteiger partial charge in [0.2, 0.25) is 0 Å². The number of unbranched alkanes of at least 4 members (excludes halogenated alkanes) is 1. The second kappa shape index (κ2) is 8.00. The Bertz CT molecular complexity index is 692. The summed E-state index contributed by atoms with van der Waals surface area (Å²) in [6.07, 6.45) is 5.49. The fourth-order valence-corrected chi connectivity index (χ4v) is 3.28. The molecule has 0 aliphatic heterocycles. The number of ether oxygens (including phenoxy) is 2. The first-order valence-corrected chi connectivity index (χ1v) is 8.69. The maximum atomic E-state index is 12.3. The Hall–Kier alpha value is -2.29. The molecule has 0 bridgehead atoms. The Balaban J connectivity index is 1.58. The zero-order valence-corrected chi connectivity index (χ0v) is 14.2. The van der Waals surface area contributed by atoms with Gasteiger partial charge in [-0.05, 0) is 49.8 Å². The average Bonchev–Trinajstić information content (AvgIpc) is 2.62. The van der Waals surface area contributed by atoms with Gasteiger partial charge in [0.1, 0.15) is 11.5 Å². The number of carbonyl (C=O) groups excluding carboxylic acids is 1. The van der Waals surface area contributed by atoms with Crippen molar-refractivity contribution in [2.45, 2.75) is 38.5 Å². The first kappa shape index (κ1) is 16.6. The number of hydrogen-bond donors (Lipinski definition) is 0. The van der Waals surface area contributed by atoms with E-state index in [1.54, 1.807) is 7.11 Å². The van der Waals surface area contributed by atoms with Crippen LogP contribution in [0.5, 0.6) is 11.5 Å². The largest absolute Gasteiger partial charge is 0.496 e. The molecular weight excluding hydrogens is 300 g/mol. The third kappa shape index (κ3) is 3.78. The van der Waals surface area contributed by atoms with Crippen molar-refractivity contribution in [3.63, 3.8) is 0 Å². The van der Waals surface area contributed by atoms with Gasteiger partial charge in [-0.15, -0.1) is 0 Å². The molecule has 0 unspecified atom stereocenters. The minimum atomic E-state index is 0.175. The van der Waals surface area contributed by atoms with Gasteiger partial charge in [0.15, 0.2) is 5.78 Å². The van der Waals surface area contributed by atoms with Gasteiger partial charge < -0.3 is 9.47 Å². The van der Waals surface area contributed by atoms with Gasteiger partial charge in [0.05, 0.1) is 19.3 Å². The van der Waals surface area contributed by atoms with Gasteiger partial charge in [-0.2, -0.15) is 0 Å². The van der Waals surface area contributed by atoms with Gasteiger partial charge in [-0.3, -0.25) is 4.79 Å². The molecule has 0 atom stereocenters. The number of fused-ring (bicyclic) bond motifs is 1. The van der Waals surface area contributed by atoms with Crippen molar-refractivity contribution in [3.05, 3.63) is 59.2 Å². The molecule has 0 saturated carbocycles. The lowest BCUT2D eigenvalue weighted by atomic mass is 9.89. The zero-order chi connectivity index (χ0) is 16.8. The Morgan fingerprint density at radius 3 is 2.54 bits per heavy atom. The Labute approximate surface area is 143 Å². The topological polar surface area (TPSA) is 35.5 Å². The summed E-state index contributed by atoms with van der Waals surface area (Å²) in [6, 6.07) is 14.3. The van der Waals surface area contributed by atoms with Gasteiger partial charge in [-0.25, -0.2) is 0 Å². The fraction of sp³-hybridized carbons (Fsp3) is 0.381. The molecule has 3 rings (SSSR count). The summed E-state index contributed by atoms with van der Waals surface area (Å²) in [7, 11) is 1.65. The van der Waals surface area contributed by atoms with E-state index in [-0.39, 0.29) is 5.78 Å². The van der Waals surface area contributed by atoms with Crippen LogP contribution >= 0.6 is 0 Å². The molecule has 0 fully saturated rings. The first-order chi connectivity index (χ1) is 11.8. The van der Waals surface area contributed by atoms with Crippen molar-refractivity contribution in [3.8, 4) is 11.5 Å². The van der Waals surface area contributed by atoms with E-state index in [0.29, 0.717) is 13.0 Å². The maximum Gasteiger partial charge on any atom is 0.167 e. The number of rotatable bonds is 7. The highest BCUT2D eigenvalue weighted by atomic mass is 16.5. The highest BCUT2D eigenvalue weighted by molar-refractivity contribution is 6.01. The van der Waals surface area contributed by atoms with Crippen LogP contribution in [0.15, 0.2) is 42.5 Å². The first-order valence-electron chi connectivity index (χ1n) is 8.69. The van der Waals surface area contributed by atoms with Crippen LogP contribution in [0.4, 0.5) is 0 Å². The summed E-state index contributed by atoms with van der Waals surface area (Å²) in [6.45, 7) is 0.638. The number of benzene rings is 2. The molecule has 0 radical (unpaired) electrons. The predicted octanol–water partition coefficient (Wildman–Crippen LogP) is 4.62. The van der Waals surface area contributed by atoms with Crippen LogP contribution in [0.2, 0.25) is 0 Å². The molecule has 126 valence electrons. The van der Waals surface area contributed by atoms with Gasteiger partial charge in [-0.1, -0.05) is 30.3 Å². The van der Waals surface area contributed by atoms with Crippen LogP contribution in [-0.4, -0.2) is 19.5 Å². The zero-order valence-electron chi connectivity index (χ0n) is 14.2. The molecule has 1 aliphatic rings. The van der Waals surface area contributed by atoms with Gasteiger partial charge in [0.25, 0.3) is 0 Å². The third-order valence-electron chi connectivity index (χ3n) is 4.52. The molecule has 1 aliphatic carbocycles. The molecule has 0 aromatic heterocycles. The number of aryl methyl sites for hydroxylation is 1. The van der Waals surface area contributed by atoms with E-state index in [2.05, 4.69) is 24.3 Å². The molecule has 24 heavy (non-hydrogen) atoms.